The highest BCUT2D eigenvalue weighted by Gasteiger charge is 2.45. The molecule has 1 aliphatic rings. The van der Waals surface area contributed by atoms with Gasteiger partial charge in [0.15, 0.2) is 0 Å². The van der Waals surface area contributed by atoms with E-state index in [0.29, 0.717) is 53.1 Å². The molecule has 0 atom stereocenters. The number of benzene rings is 3. The second kappa shape index (κ2) is 13.6. The smallest absolute Gasteiger partial charge is 0.323 e. The Hall–Kier alpha value is -4.85. The van der Waals surface area contributed by atoms with Gasteiger partial charge in [0.25, 0.3) is 0 Å². The number of aliphatic carboxylic acids is 2. The normalized spacial score (nSPS) is 13.9. The fraction of sp³-hybridized carbons (Fsp3) is 0.316. The molecule has 4 aromatic rings. The molecule has 8 heteroatoms. The van der Waals surface area contributed by atoms with Crippen molar-refractivity contribution in [3.8, 4) is 11.5 Å². The standard InChI is InChI=1S/C38H40FNO6/c1-24-19-25(2)37(26(3)20-24)46-18-6-5-17-45-30-12-8-28(9-13-30)7-10-29-11-14-32(39)35-31(21-38(15-16-38)22-33(41)42)27(4)40(36(29)35)23-34(43)44/h5-14,19-20H,15-18,21-23H2,1-4H3,(H,41,42)(H,43,44)/b6-5+,10-7?. The number of carboxylic acid groups (broad SMARTS) is 2. The van der Waals surface area contributed by atoms with Gasteiger partial charge in [-0.25, -0.2) is 4.39 Å². The van der Waals surface area contributed by atoms with Crippen molar-refractivity contribution in [2.45, 2.75) is 59.9 Å². The Balaban J connectivity index is 1.28. The van der Waals surface area contributed by atoms with Crippen molar-refractivity contribution in [3.63, 3.8) is 0 Å². The van der Waals surface area contributed by atoms with Gasteiger partial charge >= 0.3 is 11.9 Å². The van der Waals surface area contributed by atoms with Crippen LogP contribution in [0.3, 0.4) is 0 Å². The van der Waals surface area contributed by atoms with Crippen molar-refractivity contribution in [1.82, 2.24) is 4.57 Å². The van der Waals surface area contributed by atoms with Gasteiger partial charge in [-0.2, -0.15) is 0 Å². The highest BCUT2D eigenvalue weighted by molar-refractivity contribution is 5.95. The molecule has 0 saturated heterocycles. The number of halogens is 1. The fourth-order valence-corrected chi connectivity index (χ4v) is 6.31. The van der Waals surface area contributed by atoms with E-state index in [-0.39, 0.29) is 13.0 Å². The summed E-state index contributed by atoms with van der Waals surface area (Å²) in [5.74, 6) is -0.734. The molecule has 5 rings (SSSR count). The highest BCUT2D eigenvalue weighted by Crippen LogP contribution is 2.53. The predicted molar refractivity (Wildman–Crippen MR) is 178 cm³/mol. The van der Waals surface area contributed by atoms with Gasteiger partial charge in [-0.05, 0) is 117 Å². The molecule has 1 aliphatic carbocycles. The van der Waals surface area contributed by atoms with Crippen LogP contribution >= 0.6 is 0 Å². The van der Waals surface area contributed by atoms with Crippen molar-refractivity contribution in [1.29, 1.82) is 0 Å². The Labute approximate surface area is 268 Å². The second-order valence-corrected chi connectivity index (χ2v) is 12.4. The second-order valence-electron chi connectivity index (χ2n) is 12.4. The zero-order valence-corrected chi connectivity index (χ0v) is 26.7. The van der Waals surface area contributed by atoms with E-state index in [4.69, 9.17) is 9.47 Å². The van der Waals surface area contributed by atoms with Crippen LogP contribution in [0.1, 0.15) is 58.3 Å². The van der Waals surface area contributed by atoms with Gasteiger partial charge in [0.05, 0.1) is 11.9 Å². The largest absolute Gasteiger partial charge is 0.490 e. The van der Waals surface area contributed by atoms with Crippen LogP contribution in [0.5, 0.6) is 11.5 Å². The van der Waals surface area contributed by atoms with E-state index in [0.717, 1.165) is 35.3 Å². The maximum absolute atomic E-state index is 15.4. The van der Waals surface area contributed by atoms with E-state index in [1.54, 1.807) is 17.6 Å². The van der Waals surface area contributed by atoms with E-state index >= 15 is 4.39 Å². The summed E-state index contributed by atoms with van der Waals surface area (Å²) in [7, 11) is 0. The summed E-state index contributed by atoms with van der Waals surface area (Å²) in [6, 6.07) is 14.8. The van der Waals surface area contributed by atoms with Crippen molar-refractivity contribution in [3.05, 3.63) is 106 Å². The molecular formula is C38H40FNO6. The molecule has 1 heterocycles. The van der Waals surface area contributed by atoms with Crippen LogP contribution in [0, 0.1) is 38.9 Å². The van der Waals surface area contributed by atoms with Crippen molar-refractivity contribution in [2.75, 3.05) is 13.2 Å². The fourth-order valence-electron chi connectivity index (χ4n) is 6.31. The minimum Gasteiger partial charge on any atom is -0.490 e. The first kappa shape index (κ1) is 32.5. The minimum atomic E-state index is -1.04. The molecule has 1 aromatic heterocycles. The lowest BCUT2D eigenvalue weighted by molar-refractivity contribution is -0.139. The van der Waals surface area contributed by atoms with E-state index < -0.39 is 23.2 Å². The van der Waals surface area contributed by atoms with E-state index in [9.17, 15) is 19.8 Å². The number of carboxylic acids is 2. The Morgan fingerprint density at radius 1 is 0.891 bits per heavy atom. The first-order valence-corrected chi connectivity index (χ1v) is 15.5. The summed E-state index contributed by atoms with van der Waals surface area (Å²) < 4.78 is 28.8. The monoisotopic (exact) mass is 625 g/mol. The molecular weight excluding hydrogens is 585 g/mol. The molecule has 0 aliphatic heterocycles. The van der Waals surface area contributed by atoms with E-state index in [2.05, 4.69) is 19.1 Å². The zero-order valence-electron chi connectivity index (χ0n) is 26.7. The summed E-state index contributed by atoms with van der Waals surface area (Å²) >= 11 is 0. The maximum Gasteiger partial charge on any atom is 0.323 e. The van der Waals surface area contributed by atoms with Crippen molar-refractivity contribution < 1.29 is 33.7 Å². The molecule has 7 nitrogen and oxygen atoms in total. The first-order valence-electron chi connectivity index (χ1n) is 15.5. The molecule has 2 N–H and O–H groups in total. The van der Waals surface area contributed by atoms with Crippen LogP contribution in [0.15, 0.2) is 60.7 Å². The topological polar surface area (TPSA) is 98.0 Å². The van der Waals surface area contributed by atoms with Crippen LogP contribution in [0.25, 0.3) is 23.1 Å². The Morgan fingerprint density at radius 3 is 2.15 bits per heavy atom. The SMILES string of the molecule is Cc1cc(C)c(OC/C=C/COc2ccc(C=Cc3ccc(F)c4c(CC5(CC(=O)O)CC5)c(C)n(CC(=O)O)c34)cc2)c(C)c1. The van der Waals surface area contributed by atoms with Crippen LogP contribution in [0.2, 0.25) is 0 Å². The summed E-state index contributed by atoms with van der Waals surface area (Å²) in [6.07, 6.45) is 9.51. The quantitative estimate of drug-likeness (QED) is 0.109. The van der Waals surface area contributed by atoms with E-state index in [1.165, 1.54) is 11.6 Å². The van der Waals surface area contributed by atoms with Gasteiger partial charge in [-0.15, -0.1) is 0 Å². The number of carbonyl (C=O) groups is 2. The minimum absolute atomic E-state index is 0.0110. The third-order valence-corrected chi connectivity index (χ3v) is 8.68. The van der Waals surface area contributed by atoms with Gasteiger partial charge in [0, 0.05) is 11.1 Å². The Kier molecular flexibility index (Phi) is 9.65. The summed E-state index contributed by atoms with van der Waals surface area (Å²) in [5, 5.41) is 19.4. The molecule has 1 fully saturated rings. The van der Waals surface area contributed by atoms with Crippen LogP contribution in [0.4, 0.5) is 4.39 Å². The number of hydrogen-bond acceptors (Lipinski definition) is 4. The lowest BCUT2D eigenvalue weighted by Gasteiger charge is -2.13. The van der Waals surface area contributed by atoms with Gasteiger partial charge in [-0.1, -0.05) is 42.0 Å². The predicted octanol–water partition coefficient (Wildman–Crippen LogP) is 8.08. The number of hydrogen-bond donors (Lipinski definition) is 2. The number of aromatic nitrogens is 1. The zero-order chi connectivity index (χ0) is 33.0. The van der Waals surface area contributed by atoms with Gasteiger partial charge in [0.1, 0.15) is 37.1 Å². The maximum atomic E-state index is 15.4. The molecule has 0 bridgehead atoms. The third-order valence-electron chi connectivity index (χ3n) is 8.68. The number of aryl methyl sites for hydroxylation is 3. The molecule has 3 aromatic carbocycles. The van der Waals surface area contributed by atoms with E-state index in [1.807, 2.05) is 62.4 Å². The molecule has 0 unspecified atom stereocenters. The van der Waals surface area contributed by atoms with Gasteiger partial charge < -0.3 is 24.3 Å². The summed E-state index contributed by atoms with van der Waals surface area (Å²) in [5.41, 5.74) is 6.45. The molecule has 0 amide bonds. The number of ether oxygens (including phenoxy) is 2. The molecule has 240 valence electrons. The molecule has 0 spiro atoms. The van der Waals surface area contributed by atoms with Gasteiger partial charge in [-0.3, -0.25) is 9.59 Å². The molecule has 1 saturated carbocycles. The molecule has 46 heavy (non-hydrogen) atoms. The van der Waals surface area contributed by atoms with Crippen molar-refractivity contribution >= 4 is 35.0 Å². The first-order chi connectivity index (χ1) is 22.0. The van der Waals surface area contributed by atoms with Crippen LogP contribution in [-0.4, -0.2) is 39.9 Å². The lowest BCUT2D eigenvalue weighted by Crippen LogP contribution is -2.13. The van der Waals surface area contributed by atoms with Gasteiger partial charge in [0.2, 0.25) is 0 Å². The number of rotatable bonds is 14. The Morgan fingerprint density at radius 2 is 1.54 bits per heavy atom. The average Bonchev–Trinajstić information content (AvgIpc) is 3.69. The average molecular weight is 626 g/mol. The van der Waals surface area contributed by atoms with Crippen LogP contribution < -0.4 is 9.47 Å². The number of fused-ring (bicyclic) bond motifs is 1. The summed E-state index contributed by atoms with van der Waals surface area (Å²) in [4.78, 5) is 23.3. The van der Waals surface area contributed by atoms with Crippen LogP contribution in [-0.2, 0) is 22.6 Å². The Bertz CT molecular complexity index is 1810. The highest BCUT2D eigenvalue weighted by atomic mass is 19.1. The third kappa shape index (κ3) is 7.50. The summed E-state index contributed by atoms with van der Waals surface area (Å²) in [6.45, 7) is 8.48. The number of nitrogens with zero attached hydrogens (tertiary/aromatic N) is 1. The molecule has 0 radical (unpaired) electrons. The lowest BCUT2D eigenvalue weighted by atomic mass is 9.91. The van der Waals surface area contributed by atoms with Crippen molar-refractivity contribution in [2.24, 2.45) is 5.41 Å².